The van der Waals surface area contributed by atoms with E-state index in [9.17, 15) is 13.6 Å². The van der Waals surface area contributed by atoms with Crippen LogP contribution in [0.2, 0.25) is 0 Å². The third-order valence-electron chi connectivity index (χ3n) is 2.78. The van der Waals surface area contributed by atoms with Gasteiger partial charge in [-0.25, -0.2) is 13.6 Å². The monoisotopic (exact) mass is 271 g/mol. The number of nitrogens with one attached hydrogen (secondary N) is 1. The van der Waals surface area contributed by atoms with E-state index in [4.69, 9.17) is 5.73 Å². The molecule has 0 fully saturated rings. The Bertz CT molecular complexity index is 440. The Kier molecular flexibility index (Phi) is 5.69. The molecule has 0 heterocycles. The fourth-order valence-electron chi connectivity index (χ4n) is 1.59. The maximum absolute atomic E-state index is 13.4. The van der Waals surface area contributed by atoms with Crippen LogP contribution in [0.5, 0.6) is 0 Å². The molecule has 0 bridgehead atoms. The minimum Gasteiger partial charge on any atom is -0.330 e. The summed E-state index contributed by atoms with van der Waals surface area (Å²) in [6.07, 6.45) is 0. The predicted octanol–water partition coefficient (Wildman–Crippen LogP) is 2.41. The number of hydrogen-bond acceptors (Lipinski definition) is 2. The summed E-state index contributed by atoms with van der Waals surface area (Å²) in [5, 5.41) is 2.42. The molecule has 1 aromatic rings. The lowest BCUT2D eigenvalue weighted by atomic mass is 10.2. The molecular weight excluding hydrogens is 252 g/mol. The van der Waals surface area contributed by atoms with Crippen molar-refractivity contribution < 1.29 is 13.6 Å². The Hall–Kier alpha value is -1.69. The third-order valence-corrected chi connectivity index (χ3v) is 2.78. The first kappa shape index (κ1) is 15.4. The van der Waals surface area contributed by atoms with Gasteiger partial charge in [0.1, 0.15) is 11.6 Å². The summed E-state index contributed by atoms with van der Waals surface area (Å²) in [6.45, 7) is 5.19. The molecule has 1 rings (SSSR count). The van der Waals surface area contributed by atoms with Gasteiger partial charge in [0.15, 0.2) is 0 Å². The van der Waals surface area contributed by atoms with Crippen LogP contribution in [-0.2, 0) is 0 Å². The minimum absolute atomic E-state index is 0.0368. The Morgan fingerprint density at radius 3 is 2.68 bits per heavy atom. The number of rotatable bonds is 5. The molecule has 2 amide bonds. The summed E-state index contributed by atoms with van der Waals surface area (Å²) >= 11 is 0. The highest BCUT2D eigenvalue weighted by Crippen LogP contribution is 2.15. The maximum atomic E-state index is 13.4. The molecule has 0 saturated carbocycles. The highest BCUT2D eigenvalue weighted by atomic mass is 19.1. The van der Waals surface area contributed by atoms with Gasteiger partial charge in [0.05, 0.1) is 5.69 Å². The molecule has 0 aliphatic carbocycles. The van der Waals surface area contributed by atoms with E-state index in [0.717, 1.165) is 12.1 Å². The number of nitrogens with two attached hydrogens (primary N) is 1. The number of amides is 2. The van der Waals surface area contributed by atoms with Crippen LogP contribution in [0.25, 0.3) is 0 Å². The molecule has 0 aliphatic rings. The quantitative estimate of drug-likeness (QED) is 0.864. The van der Waals surface area contributed by atoms with Gasteiger partial charge in [-0.1, -0.05) is 6.92 Å². The normalized spacial score (nSPS) is 12.1. The fraction of sp³-hybridized carbons (Fsp3) is 0.462. The fourth-order valence-corrected chi connectivity index (χ4v) is 1.59. The van der Waals surface area contributed by atoms with E-state index in [1.165, 1.54) is 11.0 Å². The second kappa shape index (κ2) is 7.04. The molecule has 4 nitrogen and oxygen atoms in total. The van der Waals surface area contributed by atoms with Crippen LogP contribution >= 0.6 is 0 Å². The topological polar surface area (TPSA) is 58.4 Å². The SMILES string of the molecule is CCN(CC(C)CN)C(=O)Nc1ccc(F)cc1F. The Morgan fingerprint density at radius 2 is 2.16 bits per heavy atom. The summed E-state index contributed by atoms with van der Waals surface area (Å²) in [7, 11) is 0. The van der Waals surface area contributed by atoms with E-state index in [-0.39, 0.29) is 11.6 Å². The van der Waals surface area contributed by atoms with Crippen molar-refractivity contribution in [1.82, 2.24) is 4.90 Å². The first-order valence-corrected chi connectivity index (χ1v) is 6.19. The van der Waals surface area contributed by atoms with Crippen LogP contribution < -0.4 is 11.1 Å². The summed E-state index contributed by atoms with van der Waals surface area (Å²) in [6, 6.07) is 2.60. The van der Waals surface area contributed by atoms with E-state index >= 15 is 0 Å². The first-order chi connectivity index (χ1) is 8.97. The second-order valence-corrected chi connectivity index (χ2v) is 4.43. The van der Waals surface area contributed by atoms with Crippen molar-refractivity contribution in [3.8, 4) is 0 Å². The van der Waals surface area contributed by atoms with Crippen LogP contribution in [0.1, 0.15) is 13.8 Å². The largest absolute Gasteiger partial charge is 0.330 e. The number of carbonyl (C=O) groups is 1. The highest BCUT2D eigenvalue weighted by molar-refractivity contribution is 5.89. The van der Waals surface area contributed by atoms with Crippen LogP contribution in [0.15, 0.2) is 18.2 Å². The number of benzene rings is 1. The smallest absolute Gasteiger partial charge is 0.321 e. The van der Waals surface area contributed by atoms with Gasteiger partial charge < -0.3 is 16.0 Å². The molecule has 1 atom stereocenters. The van der Waals surface area contributed by atoms with Gasteiger partial charge in [0, 0.05) is 19.2 Å². The molecule has 0 saturated heterocycles. The minimum atomic E-state index is -0.795. The third kappa shape index (κ3) is 4.48. The predicted molar refractivity (Wildman–Crippen MR) is 70.8 cm³/mol. The van der Waals surface area contributed by atoms with Crippen LogP contribution in [-0.4, -0.2) is 30.6 Å². The number of halogens is 2. The standard InChI is InChI=1S/C13H19F2N3O/c1-3-18(8-9(2)7-16)13(19)17-12-5-4-10(14)6-11(12)15/h4-6,9H,3,7-8,16H2,1-2H3,(H,17,19). The number of anilines is 1. The Balaban J connectivity index is 2.71. The molecule has 0 spiro atoms. The molecular formula is C13H19F2N3O. The van der Waals surface area contributed by atoms with E-state index in [0.29, 0.717) is 19.6 Å². The van der Waals surface area contributed by atoms with Crippen LogP contribution in [0, 0.1) is 17.6 Å². The molecule has 1 aromatic carbocycles. The van der Waals surface area contributed by atoms with Crippen molar-refractivity contribution in [3.63, 3.8) is 0 Å². The lowest BCUT2D eigenvalue weighted by Crippen LogP contribution is -2.39. The zero-order valence-corrected chi connectivity index (χ0v) is 11.1. The second-order valence-electron chi connectivity index (χ2n) is 4.43. The first-order valence-electron chi connectivity index (χ1n) is 6.19. The lowest BCUT2D eigenvalue weighted by Gasteiger charge is -2.24. The van der Waals surface area contributed by atoms with Crippen molar-refractivity contribution in [1.29, 1.82) is 0 Å². The molecule has 0 aliphatic heterocycles. The number of hydrogen-bond donors (Lipinski definition) is 2. The van der Waals surface area contributed by atoms with Gasteiger partial charge in [0.2, 0.25) is 0 Å². The summed E-state index contributed by atoms with van der Waals surface area (Å²) in [5.74, 6) is -1.32. The average molecular weight is 271 g/mol. The lowest BCUT2D eigenvalue weighted by molar-refractivity contribution is 0.206. The molecule has 106 valence electrons. The van der Waals surface area contributed by atoms with E-state index < -0.39 is 17.7 Å². The van der Waals surface area contributed by atoms with Crippen LogP contribution in [0.3, 0.4) is 0 Å². The number of nitrogens with zero attached hydrogens (tertiary/aromatic N) is 1. The molecule has 1 unspecified atom stereocenters. The van der Waals surface area contributed by atoms with Crippen molar-refractivity contribution >= 4 is 11.7 Å². The van der Waals surface area contributed by atoms with Crippen molar-refractivity contribution in [2.45, 2.75) is 13.8 Å². The summed E-state index contributed by atoms with van der Waals surface area (Å²) in [4.78, 5) is 13.5. The molecule has 0 radical (unpaired) electrons. The zero-order chi connectivity index (χ0) is 14.4. The van der Waals surface area contributed by atoms with Gasteiger partial charge in [0.25, 0.3) is 0 Å². The number of carbonyl (C=O) groups excluding carboxylic acids is 1. The van der Waals surface area contributed by atoms with Gasteiger partial charge in [-0.2, -0.15) is 0 Å². The molecule has 0 aromatic heterocycles. The highest BCUT2D eigenvalue weighted by Gasteiger charge is 2.16. The average Bonchev–Trinajstić information content (AvgIpc) is 2.38. The molecule has 19 heavy (non-hydrogen) atoms. The van der Waals surface area contributed by atoms with Gasteiger partial charge in [-0.15, -0.1) is 0 Å². The van der Waals surface area contributed by atoms with Crippen molar-refractivity contribution in [2.24, 2.45) is 11.7 Å². The Labute approximate surface area is 111 Å². The molecule has 6 heteroatoms. The number of urea groups is 1. The van der Waals surface area contributed by atoms with Gasteiger partial charge in [-0.05, 0) is 31.5 Å². The van der Waals surface area contributed by atoms with Crippen molar-refractivity contribution in [3.05, 3.63) is 29.8 Å². The van der Waals surface area contributed by atoms with Gasteiger partial charge in [-0.3, -0.25) is 0 Å². The van der Waals surface area contributed by atoms with E-state index in [1.807, 2.05) is 13.8 Å². The van der Waals surface area contributed by atoms with E-state index in [2.05, 4.69) is 5.32 Å². The van der Waals surface area contributed by atoms with Crippen molar-refractivity contribution in [2.75, 3.05) is 25.0 Å². The van der Waals surface area contributed by atoms with E-state index in [1.54, 1.807) is 0 Å². The van der Waals surface area contributed by atoms with Gasteiger partial charge >= 0.3 is 6.03 Å². The Morgan fingerprint density at radius 1 is 1.47 bits per heavy atom. The zero-order valence-electron chi connectivity index (χ0n) is 11.1. The van der Waals surface area contributed by atoms with Crippen LogP contribution in [0.4, 0.5) is 19.3 Å². The maximum Gasteiger partial charge on any atom is 0.321 e. The summed E-state index contributed by atoms with van der Waals surface area (Å²) < 4.78 is 26.2. The molecule has 3 N–H and O–H groups in total. The summed E-state index contributed by atoms with van der Waals surface area (Å²) in [5.41, 5.74) is 5.47.